The van der Waals surface area contributed by atoms with Crippen LogP contribution in [0.15, 0.2) is 24.3 Å². The van der Waals surface area contributed by atoms with Crippen molar-refractivity contribution >= 4 is 10.9 Å². The first-order chi connectivity index (χ1) is 6.74. The number of para-hydroxylation sites is 1. The van der Waals surface area contributed by atoms with Gasteiger partial charge in [0.1, 0.15) is 11.8 Å². The number of aromatic nitrogens is 2. The molecule has 0 aliphatic carbocycles. The predicted octanol–water partition coefficient (Wildman–Crippen LogP) is 1.52. The minimum Gasteiger partial charge on any atom is -0.295 e. The fourth-order valence-corrected chi connectivity index (χ4v) is 1.61. The van der Waals surface area contributed by atoms with Gasteiger partial charge < -0.3 is 0 Å². The largest absolute Gasteiger partial charge is 0.295 e. The summed E-state index contributed by atoms with van der Waals surface area (Å²) in [6.45, 7) is 1.88. The number of fused-ring (bicyclic) bond motifs is 1. The van der Waals surface area contributed by atoms with E-state index in [1.54, 1.807) is 0 Å². The Bertz CT molecular complexity index is 450. The van der Waals surface area contributed by atoms with Gasteiger partial charge in [-0.15, -0.1) is 0 Å². The predicted molar refractivity (Wildman–Crippen MR) is 54.4 cm³/mol. The molecule has 14 heavy (non-hydrogen) atoms. The highest BCUT2D eigenvalue weighted by Gasteiger charge is 2.13. The Labute approximate surface area is 82.2 Å². The number of nitrogens with two attached hydrogens (primary N) is 1. The Morgan fingerprint density at radius 1 is 1.43 bits per heavy atom. The van der Waals surface area contributed by atoms with Gasteiger partial charge in [-0.25, -0.2) is 5.90 Å². The maximum absolute atomic E-state index is 5.16. The molecule has 4 nitrogen and oxygen atoms in total. The van der Waals surface area contributed by atoms with Gasteiger partial charge in [0.05, 0.1) is 5.52 Å². The van der Waals surface area contributed by atoms with E-state index in [4.69, 9.17) is 10.7 Å². The molecule has 1 aromatic heterocycles. The van der Waals surface area contributed by atoms with Crippen LogP contribution in [0.1, 0.15) is 18.7 Å². The first kappa shape index (κ1) is 9.18. The molecule has 0 spiro atoms. The van der Waals surface area contributed by atoms with E-state index in [2.05, 4.69) is 5.10 Å². The van der Waals surface area contributed by atoms with E-state index in [9.17, 15) is 0 Å². The van der Waals surface area contributed by atoms with E-state index in [0.717, 1.165) is 16.6 Å². The SMILES string of the molecule is CC(ON)c1nn(C)c2ccccc12. The zero-order chi connectivity index (χ0) is 10.1. The summed E-state index contributed by atoms with van der Waals surface area (Å²) in [5, 5.41) is 5.46. The molecule has 0 saturated carbocycles. The second-order valence-electron chi connectivity index (χ2n) is 3.30. The highest BCUT2D eigenvalue weighted by molar-refractivity contribution is 5.82. The highest BCUT2D eigenvalue weighted by atomic mass is 16.6. The van der Waals surface area contributed by atoms with Gasteiger partial charge in [-0.1, -0.05) is 18.2 Å². The Hall–Kier alpha value is -1.39. The topological polar surface area (TPSA) is 53.1 Å². The Morgan fingerprint density at radius 3 is 2.86 bits per heavy atom. The van der Waals surface area contributed by atoms with Crippen molar-refractivity contribution < 1.29 is 4.84 Å². The summed E-state index contributed by atoms with van der Waals surface area (Å²) in [5.41, 5.74) is 1.97. The van der Waals surface area contributed by atoms with E-state index in [1.165, 1.54) is 0 Å². The number of benzene rings is 1. The summed E-state index contributed by atoms with van der Waals surface area (Å²) in [4.78, 5) is 4.78. The fraction of sp³-hybridized carbons (Fsp3) is 0.300. The molecule has 74 valence electrons. The number of nitrogens with zero attached hydrogens (tertiary/aromatic N) is 2. The summed E-state index contributed by atoms with van der Waals surface area (Å²) in [6, 6.07) is 8.01. The monoisotopic (exact) mass is 191 g/mol. The number of hydrogen-bond acceptors (Lipinski definition) is 3. The quantitative estimate of drug-likeness (QED) is 0.732. The van der Waals surface area contributed by atoms with Crippen LogP contribution >= 0.6 is 0 Å². The smallest absolute Gasteiger partial charge is 0.120 e. The molecule has 0 radical (unpaired) electrons. The zero-order valence-corrected chi connectivity index (χ0v) is 8.27. The van der Waals surface area contributed by atoms with Gasteiger partial charge in [0.25, 0.3) is 0 Å². The minimum absolute atomic E-state index is 0.180. The molecule has 0 amide bonds. The van der Waals surface area contributed by atoms with Gasteiger partial charge in [-0.2, -0.15) is 5.10 Å². The van der Waals surface area contributed by atoms with Crippen molar-refractivity contribution in [3.63, 3.8) is 0 Å². The van der Waals surface area contributed by atoms with Crippen LogP contribution in [-0.4, -0.2) is 9.78 Å². The van der Waals surface area contributed by atoms with Crippen LogP contribution < -0.4 is 5.90 Å². The molecule has 1 unspecified atom stereocenters. The molecule has 4 heteroatoms. The molecule has 2 aromatic rings. The molecule has 0 aliphatic rings. The third-order valence-corrected chi connectivity index (χ3v) is 2.38. The molecule has 2 rings (SSSR count). The van der Waals surface area contributed by atoms with Crippen LogP contribution in [0, 0.1) is 0 Å². The van der Waals surface area contributed by atoms with Gasteiger partial charge in [0.2, 0.25) is 0 Å². The lowest BCUT2D eigenvalue weighted by Crippen LogP contribution is -2.06. The number of hydrogen-bond donors (Lipinski definition) is 1. The number of rotatable bonds is 2. The van der Waals surface area contributed by atoms with E-state index in [-0.39, 0.29) is 6.10 Å². The van der Waals surface area contributed by atoms with Crippen LogP contribution in [-0.2, 0) is 11.9 Å². The van der Waals surface area contributed by atoms with Crippen molar-refractivity contribution in [1.82, 2.24) is 9.78 Å². The zero-order valence-electron chi connectivity index (χ0n) is 8.27. The molecular formula is C10H13N3O. The second-order valence-corrected chi connectivity index (χ2v) is 3.30. The van der Waals surface area contributed by atoms with Crippen LogP contribution in [0.5, 0.6) is 0 Å². The summed E-state index contributed by atoms with van der Waals surface area (Å²) >= 11 is 0. The molecule has 1 heterocycles. The van der Waals surface area contributed by atoms with Crippen LogP contribution in [0.2, 0.25) is 0 Å². The van der Waals surface area contributed by atoms with Crippen molar-refractivity contribution in [2.24, 2.45) is 12.9 Å². The van der Waals surface area contributed by atoms with Crippen LogP contribution in [0.3, 0.4) is 0 Å². The summed E-state index contributed by atoms with van der Waals surface area (Å²) in [7, 11) is 1.91. The van der Waals surface area contributed by atoms with E-state index in [1.807, 2.05) is 42.9 Å². The average Bonchev–Trinajstić information content (AvgIpc) is 2.56. The molecule has 2 N–H and O–H groups in total. The van der Waals surface area contributed by atoms with E-state index >= 15 is 0 Å². The maximum Gasteiger partial charge on any atom is 0.120 e. The van der Waals surface area contributed by atoms with Crippen LogP contribution in [0.25, 0.3) is 10.9 Å². The molecule has 0 saturated heterocycles. The number of aryl methyl sites for hydroxylation is 1. The molecule has 1 aromatic carbocycles. The Balaban J connectivity index is 2.66. The first-order valence-corrected chi connectivity index (χ1v) is 4.51. The van der Waals surface area contributed by atoms with Crippen molar-refractivity contribution in [3.8, 4) is 0 Å². The standard InChI is InChI=1S/C10H13N3O/c1-7(14-11)10-8-5-3-4-6-9(8)13(2)12-10/h3-7H,11H2,1-2H3. The molecule has 0 aliphatic heterocycles. The lowest BCUT2D eigenvalue weighted by Gasteiger charge is -2.04. The van der Waals surface area contributed by atoms with Crippen LogP contribution in [0.4, 0.5) is 0 Å². The maximum atomic E-state index is 5.16. The van der Waals surface area contributed by atoms with Gasteiger partial charge in [0, 0.05) is 12.4 Å². The molecule has 1 atom stereocenters. The molecular weight excluding hydrogens is 178 g/mol. The van der Waals surface area contributed by atoms with Gasteiger partial charge in [-0.05, 0) is 13.0 Å². The highest BCUT2D eigenvalue weighted by Crippen LogP contribution is 2.23. The fourth-order valence-electron chi connectivity index (χ4n) is 1.61. The third-order valence-electron chi connectivity index (χ3n) is 2.38. The normalized spacial score (nSPS) is 13.4. The van der Waals surface area contributed by atoms with Crippen molar-refractivity contribution in [3.05, 3.63) is 30.0 Å². The van der Waals surface area contributed by atoms with E-state index < -0.39 is 0 Å². The third kappa shape index (κ3) is 1.29. The molecule has 0 bridgehead atoms. The van der Waals surface area contributed by atoms with Gasteiger partial charge in [-0.3, -0.25) is 9.52 Å². The van der Waals surface area contributed by atoms with Crippen molar-refractivity contribution in [1.29, 1.82) is 0 Å². The Morgan fingerprint density at radius 2 is 2.14 bits per heavy atom. The summed E-state index contributed by atoms with van der Waals surface area (Å²) in [5.74, 6) is 5.16. The van der Waals surface area contributed by atoms with E-state index in [0.29, 0.717) is 0 Å². The van der Waals surface area contributed by atoms with Gasteiger partial charge >= 0.3 is 0 Å². The molecule has 0 fully saturated rings. The van der Waals surface area contributed by atoms with Crippen molar-refractivity contribution in [2.75, 3.05) is 0 Å². The Kier molecular flexibility index (Phi) is 2.23. The lowest BCUT2D eigenvalue weighted by atomic mass is 10.1. The second kappa shape index (κ2) is 3.40. The first-order valence-electron chi connectivity index (χ1n) is 4.51. The van der Waals surface area contributed by atoms with Gasteiger partial charge in [0.15, 0.2) is 0 Å². The van der Waals surface area contributed by atoms with Crippen molar-refractivity contribution in [2.45, 2.75) is 13.0 Å². The summed E-state index contributed by atoms with van der Waals surface area (Å²) in [6.07, 6.45) is -0.180. The summed E-state index contributed by atoms with van der Waals surface area (Å²) < 4.78 is 1.83. The average molecular weight is 191 g/mol. The minimum atomic E-state index is -0.180. The lowest BCUT2D eigenvalue weighted by molar-refractivity contribution is 0.0640.